The first-order chi connectivity index (χ1) is 15.4. The Labute approximate surface area is 189 Å². The van der Waals surface area contributed by atoms with Crippen molar-refractivity contribution in [1.82, 2.24) is 4.31 Å². The lowest BCUT2D eigenvalue weighted by Crippen LogP contribution is -2.41. The SMILES string of the molecule is CCc1cccc(NC(=O)C2CCN(S(=O)(=O)c3ccc4c(c3)CCCC(=O)N4)CC2)c1. The number of anilines is 2. The largest absolute Gasteiger partial charge is 0.326 e. The molecule has 2 heterocycles. The second-order valence-electron chi connectivity index (χ2n) is 8.44. The zero-order valence-corrected chi connectivity index (χ0v) is 19.1. The quantitative estimate of drug-likeness (QED) is 0.721. The topological polar surface area (TPSA) is 95.6 Å². The van der Waals surface area contributed by atoms with Crippen LogP contribution in [0.5, 0.6) is 0 Å². The lowest BCUT2D eigenvalue weighted by molar-refractivity contribution is -0.121. The lowest BCUT2D eigenvalue weighted by Gasteiger charge is -2.30. The molecule has 0 unspecified atom stereocenters. The van der Waals surface area contributed by atoms with E-state index in [2.05, 4.69) is 17.6 Å². The highest BCUT2D eigenvalue weighted by atomic mass is 32.2. The van der Waals surface area contributed by atoms with Crippen LogP contribution in [0, 0.1) is 5.92 Å². The zero-order valence-electron chi connectivity index (χ0n) is 18.3. The van der Waals surface area contributed by atoms with E-state index in [0.29, 0.717) is 50.9 Å². The molecule has 0 aromatic heterocycles. The number of nitrogens with zero attached hydrogens (tertiary/aromatic N) is 1. The van der Waals surface area contributed by atoms with Crippen LogP contribution in [-0.4, -0.2) is 37.6 Å². The highest BCUT2D eigenvalue weighted by molar-refractivity contribution is 7.89. The summed E-state index contributed by atoms with van der Waals surface area (Å²) >= 11 is 0. The highest BCUT2D eigenvalue weighted by Gasteiger charge is 2.32. The summed E-state index contributed by atoms with van der Waals surface area (Å²) < 4.78 is 27.9. The van der Waals surface area contributed by atoms with E-state index in [9.17, 15) is 18.0 Å². The summed E-state index contributed by atoms with van der Waals surface area (Å²) in [6, 6.07) is 12.7. The minimum absolute atomic E-state index is 0.0406. The van der Waals surface area contributed by atoms with Gasteiger partial charge in [0.15, 0.2) is 0 Å². The first kappa shape index (κ1) is 22.5. The average molecular weight is 456 g/mol. The smallest absolute Gasteiger partial charge is 0.243 e. The minimum atomic E-state index is -3.65. The Bertz CT molecular complexity index is 1120. The van der Waals surface area contributed by atoms with Gasteiger partial charge in [0.2, 0.25) is 21.8 Å². The minimum Gasteiger partial charge on any atom is -0.326 e. The van der Waals surface area contributed by atoms with Crippen LogP contribution in [0.25, 0.3) is 0 Å². The molecule has 2 aliphatic heterocycles. The molecule has 0 saturated carbocycles. The summed E-state index contributed by atoms with van der Waals surface area (Å²) in [4.78, 5) is 24.7. The molecule has 2 N–H and O–H groups in total. The molecule has 170 valence electrons. The fourth-order valence-electron chi connectivity index (χ4n) is 4.33. The van der Waals surface area contributed by atoms with Crippen LogP contribution in [0.2, 0.25) is 0 Å². The fraction of sp³-hybridized carbons (Fsp3) is 0.417. The van der Waals surface area contributed by atoms with Crippen molar-refractivity contribution >= 4 is 33.2 Å². The van der Waals surface area contributed by atoms with Crippen LogP contribution in [0.1, 0.15) is 43.7 Å². The van der Waals surface area contributed by atoms with Crippen molar-refractivity contribution in [1.29, 1.82) is 0 Å². The standard InChI is InChI=1S/C24H29N3O4S/c1-2-17-5-3-7-20(15-17)25-24(29)18-11-13-27(14-12-18)32(30,31)21-9-10-22-19(16-21)6-4-8-23(28)26-22/h3,5,7,9-10,15-16,18H,2,4,6,8,11-14H2,1H3,(H,25,29)(H,26,28). The van der Waals surface area contributed by atoms with Crippen LogP contribution >= 0.6 is 0 Å². The number of sulfonamides is 1. The maximum atomic E-state index is 13.2. The van der Waals surface area contributed by atoms with Crippen LogP contribution in [0.15, 0.2) is 47.4 Å². The number of benzene rings is 2. The van der Waals surface area contributed by atoms with E-state index in [1.165, 1.54) is 4.31 Å². The predicted octanol–water partition coefficient (Wildman–Crippen LogP) is 3.56. The maximum absolute atomic E-state index is 13.2. The molecule has 0 aliphatic carbocycles. The van der Waals surface area contributed by atoms with Gasteiger partial charge in [-0.15, -0.1) is 0 Å². The Morgan fingerprint density at radius 2 is 1.91 bits per heavy atom. The first-order valence-corrected chi connectivity index (χ1v) is 12.6. The molecular formula is C24H29N3O4S. The Balaban J connectivity index is 1.40. The van der Waals surface area contributed by atoms with Crippen LogP contribution in [0.4, 0.5) is 11.4 Å². The Morgan fingerprint density at radius 1 is 1.12 bits per heavy atom. The van der Waals surface area contributed by atoms with E-state index in [0.717, 1.165) is 23.2 Å². The molecule has 0 atom stereocenters. The third-order valence-corrected chi connectivity index (χ3v) is 8.16. The average Bonchev–Trinajstić information content (AvgIpc) is 2.99. The summed E-state index contributed by atoms with van der Waals surface area (Å²) in [6.07, 6.45) is 3.67. The highest BCUT2D eigenvalue weighted by Crippen LogP contribution is 2.29. The molecule has 0 spiro atoms. The van der Waals surface area contributed by atoms with Gasteiger partial charge in [-0.3, -0.25) is 9.59 Å². The second-order valence-corrected chi connectivity index (χ2v) is 10.4. The Morgan fingerprint density at radius 3 is 2.66 bits per heavy atom. The van der Waals surface area contributed by atoms with Crippen molar-refractivity contribution < 1.29 is 18.0 Å². The summed E-state index contributed by atoms with van der Waals surface area (Å²) in [6.45, 7) is 2.68. The Hall–Kier alpha value is -2.71. The van der Waals surface area contributed by atoms with E-state index in [-0.39, 0.29) is 22.6 Å². The monoisotopic (exact) mass is 455 g/mol. The molecule has 7 nitrogen and oxygen atoms in total. The molecule has 8 heteroatoms. The van der Waals surface area contributed by atoms with Gasteiger partial charge in [-0.05, 0) is 73.6 Å². The maximum Gasteiger partial charge on any atom is 0.243 e. The lowest BCUT2D eigenvalue weighted by atomic mass is 9.97. The van der Waals surface area contributed by atoms with E-state index in [4.69, 9.17) is 0 Å². The molecule has 1 fully saturated rings. The zero-order chi connectivity index (χ0) is 22.7. The molecule has 32 heavy (non-hydrogen) atoms. The normalized spacial score (nSPS) is 17.8. The third kappa shape index (κ3) is 4.86. The Kier molecular flexibility index (Phi) is 6.62. The molecule has 2 aliphatic rings. The molecular weight excluding hydrogens is 426 g/mol. The summed E-state index contributed by atoms with van der Waals surface area (Å²) in [5.74, 6) is -0.314. The van der Waals surface area contributed by atoms with Crippen molar-refractivity contribution in [2.45, 2.75) is 50.3 Å². The van der Waals surface area contributed by atoms with Gasteiger partial charge in [0, 0.05) is 36.8 Å². The second kappa shape index (κ2) is 9.42. The molecule has 4 rings (SSSR count). The number of amides is 2. The van der Waals surface area contributed by atoms with Gasteiger partial charge in [-0.25, -0.2) is 8.42 Å². The van der Waals surface area contributed by atoms with E-state index >= 15 is 0 Å². The molecule has 0 bridgehead atoms. The van der Waals surface area contributed by atoms with Crippen molar-refractivity contribution in [2.24, 2.45) is 5.92 Å². The molecule has 2 aromatic rings. The summed E-state index contributed by atoms with van der Waals surface area (Å²) in [5, 5.41) is 5.81. The molecule has 2 aromatic carbocycles. The van der Waals surface area contributed by atoms with Crippen molar-refractivity contribution in [3.63, 3.8) is 0 Å². The van der Waals surface area contributed by atoms with Crippen LogP contribution < -0.4 is 10.6 Å². The van der Waals surface area contributed by atoms with Gasteiger partial charge in [0.25, 0.3) is 0 Å². The van der Waals surface area contributed by atoms with E-state index in [1.54, 1.807) is 18.2 Å². The number of hydrogen-bond acceptors (Lipinski definition) is 4. The van der Waals surface area contributed by atoms with Gasteiger partial charge in [-0.1, -0.05) is 19.1 Å². The van der Waals surface area contributed by atoms with Crippen LogP contribution in [-0.2, 0) is 32.5 Å². The summed E-state index contributed by atoms with van der Waals surface area (Å²) in [7, 11) is -3.65. The fourth-order valence-corrected chi connectivity index (χ4v) is 5.85. The van der Waals surface area contributed by atoms with Crippen LogP contribution in [0.3, 0.4) is 0 Å². The van der Waals surface area contributed by atoms with E-state index in [1.807, 2.05) is 24.3 Å². The van der Waals surface area contributed by atoms with Gasteiger partial charge < -0.3 is 10.6 Å². The number of carbonyl (C=O) groups is 2. The predicted molar refractivity (Wildman–Crippen MR) is 124 cm³/mol. The van der Waals surface area contributed by atoms with Crippen molar-refractivity contribution in [3.8, 4) is 0 Å². The molecule has 0 radical (unpaired) electrons. The van der Waals surface area contributed by atoms with E-state index < -0.39 is 10.0 Å². The van der Waals surface area contributed by atoms with Gasteiger partial charge in [-0.2, -0.15) is 4.31 Å². The number of aryl methyl sites for hydroxylation is 2. The van der Waals surface area contributed by atoms with Gasteiger partial charge >= 0.3 is 0 Å². The third-order valence-electron chi connectivity index (χ3n) is 6.27. The number of fused-ring (bicyclic) bond motifs is 1. The number of hydrogen-bond donors (Lipinski definition) is 2. The van der Waals surface area contributed by atoms with Gasteiger partial charge in [0.05, 0.1) is 4.90 Å². The summed E-state index contributed by atoms with van der Waals surface area (Å²) in [5.41, 5.74) is 3.47. The number of piperidine rings is 1. The van der Waals surface area contributed by atoms with Crippen molar-refractivity contribution in [3.05, 3.63) is 53.6 Å². The number of carbonyl (C=O) groups excluding carboxylic acids is 2. The number of nitrogens with one attached hydrogen (secondary N) is 2. The molecule has 2 amide bonds. The first-order valence-electron chi connectivity index (χ1n) is 11.2. The van der Waals surface area contributed by atoms with Gasteiger partial charge in [0.1, 0.15) is 0 Å². The number of rotatable bonds is 5. The molecule has 1 saturated heterocycles. The van der Waals surface area contributed by atoms with Crippen molar-refractivity contribution in [2.75, 3.05) is 23.7 Å².